The number of hydrazone groups is 1. The molecule has 1 rings (SSSR count). The number of anilines is 1. The summed E-state index contributed by atoms with van der Waals surface area (Å²) < 4.78 is 0. The van der Waals surface area contributed by atoms with E-state index in [1.165, 1.54) is 18.3 Å². The molecule has 0 bridgehead atoms. The van der Waals surface area contributed by atoms with Crippen LogP contribution in [-0.4, -0.2) is 16.1 Å². The second-order valence-electron chi connectivity index (χ2n) is 3.97. The summed E-state index contributed by atoms with van der Waals surface area (Å²) in [7, 11) is 0. The highest BCUT2D eigenvalue weighted by molar-refractivity contribution is 5.74. The molecule has 8 nitrogen and oxygen atoms in total. The lowest BCUT2D eigenvalue weighted by Gasteiger charge is -2.01. The Morgan fingerprint density at radius 1 is 1.35 bits per heavy atom. The van der Waals surface area contributed by atoms with Crippen molar-refractivity contribution >= 4 is 23.3 Å². The molecule has 0 aliphatic heterocycles. The number of nitro groups is 2. The van der Waals surface area contributed by atoms with Gasteiger partial charge in [-0.1, -0.05) is 12.5 Å². The highest BCUT2D eigenvalue weighted by Crippen LogP contribution is 2.28. The number of nitrogens with zero attached hydrogens (tertiary/aromatic N) is 3. The lowest BCUT2D eigenvalue weighted by molar-refractivity contribution is -0.393. The minimum Gasteiger partial charge on any atom is -0.272 e. The average Bonchev–Trinajstić information content (AvgIpc) is 2.42. The van der Waals surface area contributed by atoms with E-state index in [4.69, 9.17) is 0 Å². The van der Waals surface area contributed by atoms with Gasteiger partial charge in [-0.15, -0.1) is 0 Å². The monoisotopic (exact) mass is 278 g/mol. The zero-order valence-electron chi connectivity index (χ0n) is 11.1. The maximum absolute atomic E-state index is 10.9. The van der Waals surface area contributed by atoms with Crippen LogP contribution in [-0.2, 0) is 0 Å². The average molecular weight is 278 g/mol. The normalized spacial score (nSPS) is 11.6. The molecule has 0 fully saturated rings. The van der Waals surface area contributed by atoms with Gasteiger partial charge in [0.05, 0.1) is 15.9 Å². The standard InChI is InChI=1S/C12H14N4O4/c1-3-9(2)6-7-13-14-11-5-4-10(15(17)18)8-12(11)16(19)20/h4-8,14H,3H2,1-2H3/b9-6-,13-7+. The van der Waals surface area contributed by atoms with Gasteiger partial charge in [-0.25, -0.2) is 0 Å². The number of allylic oxidation sites excluding steroid dienone is 2. The molecule has 1 aromatic rings. The summed E-state index contributed by atoms with van der Waals surface area (Å²) in [6, 6.07) is 3.33. The van der Waals surface area contributed by atoms with Crippen molar-refractivity contribution in [1.29, 1.82) is 0 Å². The van der Waals surface area contributed by atoms with Gasteiger partial charge in [0.15, 0.2) is 0 Å². The van der Waals surface area contributed by atoms with Crippen molar-refractivity contribution in [1.82, 2.24) is 0 Å². The summed E-state index contributed by atoms with van der Waals surface area (Å²) in [4.78, 5) is 20.1. The van der Waals surface area contributed by atoms with Crippen molar-refractivity contribution in [3.8, 4) is 0 Å². The van der Waals surface area contributed by atoms with Crippen molar-refractivity contribution in [3.05, 3.63) is 50.1 Å². The molecule has 0 atom stereocenters. The van der Waals surface area contributed by atoms with Crippen LogP contribution in [0.25, 0.3) is 0 Å². The molecule has 106 valence electrons. The Bertz CT molecular complexity index is 581. The van der Waals surface area contributed by atoms with Crippen molar-refractivity contribution in [2.45, 2.75) is 20.3 Å². The summed E-state index contributed by atoms with van der Waals surface area (Å²) in [5.41, 5.74) is 2.97. The van der Waals surface area contributed by atoms with Gasteiger partial charge in [0.25, 0.3) is 5.69 Å². The summed E-state index contributed by atoms with van der Waals surface area (Å²) in [5, 5.41) is 25.3. The van der Waals surface area contributed by atoms with Gasteiger partial charge in [0, 0.05) is 12.3 Å². The lowest BCUT2D eigenvalue weighted by atomic mass is 10.2. The van der Waals surface area contributed by atoms with Gasteiger partial charge in [0.2, 0.25) is 0 Å². The van der Waals surface area contributed by atoms with Gasteiger partial charge in [-0.2, -0.15) is 5.10 Å². The van der Waals surface area contributed by atoms with Crippen LogP contribution < -0.4 is 5.43 Å². The van der Waals surface area contributed by atoms with E-state index in [9.17, 15) is 20.2 Å². The maximum atomic E-state index is 10.9. The zero-order chi connectivity index (χ0) is 15.1. The first-order chi connectivity index (χ1) is 9.45. The Hall–Kier alpha value is -2.77. The molecule has 1 aromatic carbocycles. The Kier molecular flexibility index (Phi) is 5.33. The molecule has 0 spiro atoms. The first-order valence-electron chi connectivity index (χ1n) is 5.83. The number of rotatable bonds is 6. The van der Waals surface area contributed by atoms with Crippen molar-refractivity contribution in [2.75, 3.05) is 5.43 Å². The largest absolute Gasteiger partial charge is 0.301 e. The molecule has 0 unspecified atom stereocenters. The third-order valence-electron chi connectivity index (χ3n) is 2.57. The second-order valence-corrected chi connectivity index (χ2v) is 3.97. The molecule has 0 saturated heterocycles. The van der Waals surface area contributed by atoms with Crippen molar-refractivity contribution in [3.63, 3.8) is 0 Å². The molecule has 0 amide bonds. The predicted molar refractivity (Wildman–Crippen MR) is 75.9 cm³/mol. The quantitative estimate of drug-likeness (QED) is 0.487. The summed E-state index contributed by atoms with van der Waals surface area (Å²) in [6.45, 7) is 3.93. The van der Waals surface area contributed by atoms with Crippen LogP contribution in [0.1, 0.15) is 20.3 Å². The van der Waals surface area contributed by atoms with Crippen LogP contribution in [0.15, 0.2) is 34.9 Å². The van der Waals surface area contributed by atoms with Gasteiger partial charge < -0.3 is 0 Å². The van der Waals surface area contributed by atoms with E-state index in [0.29, 0.717) is 0 Å². The van der Waals surface area contributed by atoms with Gasteiger partial charge >= 0.3 is 5.69 Å². The highest BCUT2D eigenvalue weighted by atomic mass is 16.6. The van der Waals surface area contributed by atoms with E-state index in [-0.39, 0.29) is 11.4 Å². The van der Waals surface area contributed by atoms with Gasteiger partial charge in [-0.05, 0) is 25.5 Å². The van der Waals surface area contributed by atoms with Crippen LogP contribution in [0.3, 0.4) is 0 Å². The molecule has 0 radical (unpaired) electrons. The summed E-state index contributed by atoms with van der Waals surface area (Å²) >= 11 is 0. The number of hydrogen-bond donors (Lipinski definition) is 1. The smallest absolute Gasteiger partial charge is 0.272 e. The molecule has 0 aliphatic rings. The molecular formula is C12H14N4O4. The minimum atomic E-state index is -0.696. The molecule has 20 heavy (non-hydrogen) atoms. The number of hydrogen-bond acceptors (Lipinski definition) is 6. The second kappa shape index (κ2) is 6.98. The molecule has 0 aliphatic carbocycles. The first kappa shape index (κ1) is 15.3. The minimum absolute atomic E-state index is 0.0967. The molecule has 1 N–H and O–H groups in total. The Labute approximate surface area is 115 Å². The van der Waals surface area contributed by atoms with Crippen LogP contribution in [0.2, 0.25) is 0 Å². The van der Waals surface area contributed by atoms with Crippen molar-refractivity contribution < 1.29 is 9.85 Å². The topological polar surface area (TPSA) is 111 Å². The Balaban J connectivity index is 2.95. The molecule has 8 heteroatoms. The SMILES string of the molecule is CC/C(C)=C\C=N\Nc1ccc([N+](=O)[O-])cc1[N+](=O)[O-]. The Morgan fingerprint density at radius 3 is 2.60 bits per heavy atom. The van der Waals surface area contributed by atoms with Crippen LogP contribution in [0, 0.1) is 20.2 Å². The van der Waals surface area contributed by atoms with Crippen molar-refractivity contribution in [2.24, 2.45) is 5.10 Å². The van der Waals surface area contributed by atoms with Crippen LogP contribution in [0.4, 0.5) is 17.1 Å². The number of nitro benzene ring substituents is 2. The number of non-ortho nitro benzene ring substituents is 1. The number of benzene rings is 1. The zero-order valence-corrected chi connectivity index (χ0v) is 11.1. The van der Waals surface area contributed by atoms with E-state index in [1.807, 2.05) is 13.8 Å². The van der Waals surface area contributed by atoms with Crippen LogP contribution in [0.5, 0.6) is 0 Å². The molecule has 0 saturated carbocycles. The van der Waals surface area contributed by atoms with Gasteiger partial charge in [0.1, 0.15) is 5.69 Å². The molecule has 0 heterocycles. The highest BCUT2D eigenvalue weighted by Gasteiger charge is 2.18. The van der Waals surface area contributed by atoms with Crippen LogP contribution >= 0.6 is 0 Å². The van der Waals surface area contributed by atoms with E-state index in [0.717, 1.165) is 18.1 Å². The van der Waals surface area contributed by atoms with E-state index in [1.54, 1.807) is 6.08 Å². The fourth-order valence-corrected chi connectivity index (χ4v) is 1.27. The summed E-state index contributed by atoms with van der Waals surface area (Å²) in [5.74, 6) is 0. The first-order valence-corrected chi connectivity index (χ1v) is 5.83. The number of nitrogens with one attached hydrogen (secondary N) is 1. The maximum Gasteiger partial charge on any atom is 0.301 e. The Morgan fingerprint density at radius 2 is 2.05 bits per heavy atom. The van der Waals surface area contributed by atoms with E-state index in [2.05, 4.69) is 10.5 Å². The molecule has 0 aromatic heterocycles. The lowest BCUT2D eigenvalue weighted by Crippen LogP contribution is -1.98. The third kappa shape index (κ3) is 4.16. The van der Waals surface area contributed by atoms with E-state index >= 15 is 0 Å². The summed E-state index contributed by atoms with van der Waals surface area (Å²) in [6.07, 6.45) is 4.12. The third-order valence-corrected chi connectivity index (χ3v) is 2.57. The predicted octanol–water partition coefficient (Wildman–Crippen LogP) is 3.26. The fourth-order valence-electron chi connectivity index (χ4n) is 1.27. The van der Waals surface area contributed by atoms with E-state index < -0.39 is 15.5 Å². The molecular weight excluding hydrogens is 264 g/mol. The van der Waals surface area contributed by atoms with Gasteiger partial charge in [-0.3, -0.25) is 25.7 Å². The fraction of sp³-hybridized carbons (Fsp3) is 0.250.